The average Bonchev–Trinajstić information content (AvgIpc) is 3.66. The number of benzene rings is 2. The van der Waals surface area contributed by atoms with Crippen LogP contribution in [0.25, 0.3) is 11.0 Å². The number of aromatic carboxylic acids is 1. The Morgan fingerprint density at radius 3 is 2.84 bits per heavy atom. The van der Waals surface area contributed by atoms with Crippen LogP contribution in [-0.4, -0.2) is 67.4 Å². The summed E-state index contributed by atoms with van der Waals surface area (Å²) < 4.78 is 33.7. The lowest BCUT2D eigenvalue weighted by molar-refractivity contribution is 0.0534. The first kappa shape index (κ1) is 29.5. The summed E-state index contributed by atoms with van der Waals surface area (Å²) in [4.78, 5) is 27.6. The van der Waals surface area contributed by atoms with Gasteiger partial charge in [-0.05, 0) is 62.6 Å². The maximum absolute atomic E-state index is 14.2. The topological polar surface area (TPSA) is 136 Å². The van der Waals surface area contributed by atoms with E-state index in [1.807, 2.05) is 6.07 Å². The fourth-order valence-corrected chi connectivity index (χ4v) is 5.83. The van der Waals surface area contributed by atoms with Crippen LogP contribution in [0.15, 0.2) is 48.7 Å². The molecule has 0 bridgehead atoms. The molecular formula is C32H33FN6O5. The zero-order valence-corrected chi connectivity index (χ0v) is 24.4. The monoisotopic (exact) mass is 600 g/mol. The van der Waals surface area contributed by atoms with Gasteiger partial charge in [-0.3, -0.25) is 4.90 Å². The predicted octanol–water partition coefficient (Wildman–Crippen LogP) is 4.58. The van der Waals surface area contributed by atoms with Gasteiger partial charge in [-0.2, -0.15) is 10.2 Å². The smallest absolute Gasteiger partial charge is 0.335 e. The number of aromatic nitrogens is 4. The van der Waals surface area contributed by atoms with Crippen molar-refractivity contribution in [2.45, 2.75) is 58.0 Å². The molecule has 3 atom stereocenters. The van der Waals surface area contributed by atoms with Gasteiger partial charge >= 0.3 is 5.97 Å². The molecule has 11 nitrogen and oxygen atoms in total. The van der Waals surface area contributed by atoms with E-state index in [2.05, 4.69) is 26.4 Å². The molecule has 2 aromatic heterocycles. The Hall–Kier alpha value is -4.60. The van der Waals surface area contributed by atoms with Gasteiger partial charge in [0.15, 0.2) is 17.4 Å². The van der Waals surface area contributed by atoms with Gasteiger partial charge in [0.1, 0.15) is 18.5 Å². The number of ether oxygens (including phenoxy) is 3. The van der Waals surface area contributed by atoms with Crippen LogP contribution in [0.1, 0.15) is 53.8 Å². The Morgan fingerprint density at radius 1 is 1.20 bits per heavy atom. The van der Waals surface area contributed by atoms with Crippen molar-refractivity contribution in [3.05, 3.63) is 77.3 Å². The van der Waals surface area contributed by atoms with E-state index in [1.54, 1.807) is 30.5 Å². The molecule has 1 N–H and O–H groups in total. The van der Waals surface area contributed by atoms with Crippen molar-refractivity contribution in [2.75, 3.05) is 19.8 Å². The molecule has 0 aliphatic carbocycles. The van der Waals surface area contributed by atoms with Gasteiger partial charge in [0, 0.05) is 43.9 Å². The second-order valence-corrected chi connectivity index (χ2v) is 11.3. The van der Waals surface area contributed by atoms with E-state index < -0.39 is 11.8 Å². The van der Waals surface area contributed by atoms with E-state index in [9.17, 15) is 14.3 Å². The van der Waals surface area contributed by atoms with Gasteiger partial charge in [0.05, 0.1) is 41.4 Å². The highest BCUT2D eigenvalue weighted by Gasteiger charge is 2.29. The second-order valence-electron chi connectivity index (χ2n) is 11.3. The SMILES string of the molecule is C[C@H]1C[C@@H](Oc2ccnc(COc3ccc(C#N)cc3F)n2)CCN1Cc1nc2ccc(C(=O)O)cc2n1CC1CCOC1. The fourth-order valence-electron chi connectivity index (χ4n) is 5.83. The maximum atomic E-state index is 14.2. The number of rotatable bonds is 10. The minimum atomic E-state index is -0.954. The molecule has 0 spiro atoms. The highest BCUT2D eigenvalue weighted by Crippen LogP contribution is 2.27. The Kier molecular flexibility index (Phi) is 8.67. The molecular weight excluding hydrogens is 567 g/mol. The number of hydrogen-bond acceptors (Lipinski definition) is 9. The summed E-state index contributed by atoms with van der Waals surface area (Å²) in [7, 11) is 0. The van der Waals surface area contributed by atoms with Crippen LogP contribution >= 0.6 is 0 Å². The van der Waals surface area contributed by atoms with Crippen molar-refractivity contribution in [1.29, 1.82) is 5.26 Å². The standard InChI is InChI=1S/C32H33FN6O5/c1-20-12-24(44-31-6-9-35-29(37-31)19-43-28-5-2-21(15-34)13-25(28)33)7-10-38(20)17-30-36-26-4-3-23(32(40)41)14-27(26)39(30)16-22-8-11-42-18-22/h2-6,9,13-14,20,22,24H,7-8,10-12,16-19H2,1H3,(H,40,41)/t20-,22?,24-/m0/s1. The third kappa shape index (κ3) is 6.64. The van der Waals surface area contributed by atoms with Crippen LogP contribution in [0.5, 0.6) is 11.6 Å². The molecule has 12 heteroatoms. The number of carboxylic acids is 1. The van der Waals surface area contributed by atoms with E-state index in [0.717, 1.165) is 61.9 Å². The summed E-state index contributed by atoms with van der Waals surface area (Å²) >= 11 is 0. The van der Waals surface area contributed by atoms with Gasteiger partial charge in [-0.15, -0.1) is 0 Å². The van der Waals surface area contributed by atoms with E-state index >= 15 is 0 Å². The molecule has 0 amide bonds. The van der Waals surface area contributed by atoms with Crippen LogP contribution in [0.2, 0.25) is 0 Å². The van der Waals surface area contributed by atoms with Gasteiger partial charge in [0.25, 0.3) is 0 Å². The molecule has 0 radical (unpaired) electrons. The highest BCUT2D eigenvalue weighted by atomic mass is 19.1. The lowest BCUT2D eigenvalue weighted by atomic mass is 10.0. The number of hydrogen-bond donors (Lipinski definition) is 1. The Labute approximate surface area is 253 Å². The van der Waals surface area contributed by atoms with Gasteiger partial charge < -0.3 is 23.9 Å². The summed E-state index contributed by atoms with van der Waals surface area (Å²) in [5, 5.41) is 18.5. The fraction of sp³-hybridized carbons (Fsp3) is 0.406. The zero-order valence-electron chi connectivity index (χ0n) is 24.4. The van der Waals surface area contributed by atoms with Crippen molar-refractivity contribution in [3.8, 4) is 17.7 Å². The third-order valence-electron chi connectivity index (χ3n) is 8.23. The average molecular weight is 601 g/mol. The first-order valence-electron chi connectivity index (χ1n) is 14.7. The molecule has 2 fully saturated rings. The van der Waals surface area contributed by atoms with Crippen molar-refractivity contribution < 1.29 is 28.5 Å². The van der Waals surface area contributed by atoms with Crippen LogP contribution in [-0.2, 0) is 24.4 Å². The number of imidazole rings is 1. The number of carbonyl (C=O) groups is 1. The highest BCUT2D eigenvalue weighted by molar-refractivity contribution is 5.92. The van der Waals surface area contributed by atoms with Crippen molar-refractivity contribution in [2.24, 2.45) is 5.92 Å². The normalized spacial score (nSPS) is 20.4. The van der Waals surface area contributed by atoms with Crippen molar-refractivity contribution in [3.63, 3.8) is 0 Å². The van der Waals surface area contributed by atoms with E-state index in [1.165, 1.54) is 12.1 Å². The van der Waals surface area contributed by atoms with Crippen LogP contribution < -0.4 is 9.47 Å². The first-order valence-corrected chi connectivity index (χ1v) is 14.7. The van der Waals surface area contributed by atoms with Gasteiger partial charge in [-0.1, -0.05) is 0 Å². The van der Waals surface area contributed by atoms with Gasteiger partial charge in [0.2, 0.25) is 5.88 Å². The summed E-state index contributed by atoms with van der Waals surface area (Å²) in [6, 6.07) is 12.9. The van der Waals surface area contributed by atoms with E-state index in [0.29, 0.717) is 30.8 Å². The second kappa shape index (κ2) is 13.0. The van der Waals surface area contributed by atoms with E-state index in [-0.39, 0.29) is 35.6 Å². The lowest BCUT2D eigenvalue weighted by Gasteiger charge is -2.37. The number of piperidine rings is 1. The van der Waals surface area contributed by atoms with Crippen LogP contribution in [0, 0.1) is 23.1 Å². The lowest BCUT2D eigenvalue weighted by Crippen LogP contribution is -2.44. The minimum absolute atomic E-state index is 0.0209. The number of carboxylic acid groups (broad SMARTS) is 1. The summed E-state index contributed by atoms with van der Waals surface area (Å²) in [5.41, 5.74) is 2.09. The molecule has 4 aromatic rings. The molecule has 1 unspecified atom stereocenters. The summed E-state index contributed by atoms with van der Waals surface area (Å²) in [5.74, 6) is 0.513. The van der Waals surface area contributed by atoms with Gasteiger partial charge in [-0.25, -0.2) is 19.2 Å². The molecule has 0 saturated carbocycles. The number of fused-ring (bicyclic) bond motifs is 1. The Bertz CT molecular complexity index is 1700. The summed E-state index contributed by atoms with van der Waals surface area (Å²) in [6.45, 7) is 5.73. The Morgan fingerprint density at radius 2 is 2.09 bits per heavy atom. The number of nitriles is 1. The largest absolute Gasteiger partial charge is 0.483 e. The molecule has 2 aliphatic rings. The molecule has 2 aliphatic heterocycles. The molecule has 2 aromatic carbocycles. The number of halogens is 1. The zero-order chi connectivity index (χ0) is 30.6. The predicted molar refractivity (Wildman–Crippen MR) is 157 cm³/mol. The molecule has 228 valence electrons. The first-order chi connectivity index (χ1) is 21.4. The summed E-state index contributed by atoms with van der Waals surface area (Å²) in [6.07, 6.45) is 4.08. The third-order valence-corrected chi connectivity index (χ3v) is 8.23. The Balaban J connectivity index is 1.09. The maximum Gasteiger partial charge on any atom is 0.335 e. The van der Waals surface area contributed by atoms with Crippen molar-refractivity contribution >= 4 is 17.0 Å². The van der Waals surface area contributed by atoms with Crippen LogP contribution in [0.3, 0.4) is 0 Å². The van der Waals surface area contributed by atoms with Crippen LogP contribution in [0.4, 0.5) is 4.39 Å². The molecule has 2 saturated heterocycles. The van der Waals surface area contributed by atoms with Crippen molar-refractivity contribution in [1.82, 2.24) is 24.4 Å². The molecule has 6 rings (SSSR count). The number of likely N-dealkylation sites (tertiary alicyclic amines) is 1. The molecule has 4 heterocycles. The minimum Gasteiger partial charge on any atom is -0.483 e. The van der Waals surface area contributed by atoms with E-state index in [4.69, 9.17) is 24.5 Å². The molecule has 44 heavy (non-hydrogen) atoms. The number of nitrogens with zero attached hydrogens (tertiary/aromatic N) is 6. The quantitative estimate of drug-likeness (QED) is 0.275.